The van der Waals surface area contributed by atoms with Crippen LogP contribution in [0.3, 0.4) is 0 Å². The van der Waals surface area contributed by atoms with Crippen molar-refractivity contribution in [2.45, 2.75) is 6.42 Å². The van der Waals surface area contributed by atoms with Gasteiger partial charge in [-0.3, -0.25) is 4.79 Å². The number of nitriles is 1. The number of rotatable bonds is 7. The molecule has 0 fully saturated rings. The van der Waals surface area contributed by atoms with E-state index >= 15 is 0 Å². The van der Waals surface area contributed by atoms with Crippen LogP contribution in [0, 0.1) is 11.3 Å². The molecule has 0 aliphatic carbocycles. The summed E-state index contributed by atoms with van der Waals surface area (Å²) in [5.74, 6) is 0.569. The zero-order chi connectivity index (χ0) is 14.8. The van der Waals surface area contributed by atoms with E-state index in [-0.39, 0.29) is 5.57 Å². The summed E-state index contributed by atoms with van der Waals surface area (Å²) in [6, 6.07) is 8.84. The molecule has 1 rings (SSSR count). The number of nitrogens with zero attached hydrogens (tertiary/aromatic N) is 1. The molecule has 0 saturated carbocycles. The lowest BCUT2D eigenvalue weighted by atomic mass is 10.2. The Kier molecular flexibility index (Phi) is 7.01. The van der Waals surface area contributed by atoms with Crippen LogP contribution in [-0.4, -0.2) is 25.4 Å². The minimum atomic E-state index is -0.490. The van der Waals surface area contributed by atoms with Gasteiger partial charge in [-0.15, -0.1) is 11.6 Å². The van der Waals surface area contributed by atoms with Gasteiger partial charge in [0.15, 0.2) is 0 Å². The zero-order valence-electron chi connectivity index (χ0n) is 11.1. The first-order valence-corrected chi connectivity index (χ1v) is 6.60. The predicted molar refractivity (Wildman–Crippen MR) is 78.7 cm³/mol. The maximum absolute atomic E-state index is 12.0. The predicted octanol–water partition coefficient (Wildman–Crippen LogP) is 2.26. The van der Waals surface area contributed by atoms with Gasteiger partial charge < -0.3 is 15.4 Å². The van der Waals surface area contributed by atoms with Gasteiger partial charge in [0.25, 0.3) is 5.91 Å². The van der Waals surface area contributed by atoms with Crippen molar-refractivity contribution < 1.29 is 9.53 Å². The molecule has 0 atom stereocenters. The largest absolute Gasteiger partial charge is 0.495 e. The van der Waals surface area contributed by atoms with E-state index in [9.17, 15) is 4.79 Å². The first-order chi connectivity index (χ1) is 9.72. The average Bonchev–Trinajstić information content (AvgIpc) is 2.48. The van der Waals surface area contributed by atoms with Gasteiger partial charge in [-0.1, -0.05) is 12.1 Å². The number of methoxy groups -OCH3 is 1. The van der Waals surface area contributed by atoms with E-state index < -0.39 is 5.91 Å². The molecule has 2 N–H and O–H groups in total. The topological polar surface area (TPSA) is 74.1 Å². The van der Waals surface area contributed by atoms with E-state index in [1.54, 1.807) is 24.3 Å². The molecule has 0 heterocycles. The maximum atomic E-state index is 12.0. The Hall–Kier alpha value is -2.19. The Labute approximate surface area is 123 Å². The number of carbonyl (C=O) groups excluding carboxylic acids is 1. The Bertz CT molecular complexity index is 523. The van der Waals surface area contributed by atoms with Crippen LogP contribution in [0.25, 0.3) is 0 Å². The lowest BCUT2D eigenvalue weighted by Gasteiger charge is -2.09. The smallest absolute Gasteiger partial charge is 0.267 e. The van der Waals surface area contributed by atoms with E-state index in [2.05, 4.69) is 10.6 Å². The molecule has 5 nitrogen and oxygen atoms in total. The van der Waals surface area contributed by atoms with Gasteiger partial charge in [0.05, 0.1) is 12.8 Å². The number of carbonyl (C=O) groups is 1. The standard InChI is InChI=1S/C14H16ClN3O2/c1-20-13-6-3-2-5-12(13)18-14(19)11(9-16)10-17-8-4-7-15/h2-3,5-6,10,17H,4,7-8H2,1H3,(H,18,19)/b11-10-. The molecule has 0 radical (unpaired) electrons. The number of halogens is 1. The van der Waals surface area contributed by atoms with Crippen LogP contribution >= 0.6 is 11.6 Å². The average molecular weight is 294 g/mol. The van der Waals surface area contributed by atoms with Crippen LogP contribution in [0.1, 0.15) is 6.42 Å². The van der Waals surface area contributed by atoms with E-state index in [1.165, 1.54) is 13.3 Å². The number of amides is 1. The highest BCUT2D eigenvalue weighted by Gasteiger charge is 2.11. The molecule has 0 saturated heterocycles. The number of benzene rings is 1. The highest BCUT2D eigenvalue weighted by molar-refractivity contribution is 6.17. The zero-order valence-corrected chi connectivity index (χ0v) is 11.9. The van der Waals surface area contributed by atoms with Gasteiger partial charge >= 0.3 is 0 Å². The third-order valence-corrected chi connectivity index (χ3v) is 2.69. The highest BCUT2D eigenvalue weighted by Crippen LogP contribution is 2.23. The molecule has 6 heteroatoms. The third-order valence-electron chi connectivity index (χ3n) is 2.42. The molecule has 0 aliphatic rings. The molecular formula is C14H16ClN3O2. The molecule has 106 valence electrons. The fraction of sp³-hybridized carbons (Fsp3) is 0.286. The Morgan fingerprint density at radius 1 is 1.50 bits per heavy atom. The van der Waals surface area contributed by atoms with Crippen molar-refractivity contribution in [1.82, 2.24) is 5.32 Å². The molecule has 1 aromatic carbocycles. The molecule has 0 bridgehead atoms. The van der Waals surface area contributed by atoms with Crippen molar-refractivity contribution >= 4 is 23.2 Å². The van der Waals surface area contributed by atoms with Crippen molar-refractivity contribution in [3.8, 4) is 11.8 Å². The van der Waals surface area contributed by atoms with Crippen LogP contribution in [-0.2, 0) is 4.79 Å². The minimum absolute atomic E-state index is 0.00882. The van der Waals surface area contributed by atoms with Crippen LogP contribution in [0.4, 0.5) is 5.69 Å². The van der Waals surface area contributed by atoms with Gasteiger partial charge in [0.1, 0.15) is 17.4 Å². The lowest BCUT2D eigenvalue weighted by Crippen LogP contribution is -2.17. The summed E-state index contributed by atoms with van der Waals surface area (Å²) in [7, 11) is 1.51. The number of hydrogen-bond acceptors (Lipinski definition) is 4. The molecule has 0 aliphatic heterocycles. The van der Waals surface area contributed by atoms with E-state index in [4.69, 9.17) is 21.6 Å². The maximum Gasteiger partial charge on any atom is 0.267 e. The first kappa shape index (κ1) is 15.9. The number of hydrogen-bond donors (Lipinski definition) is 2. The fourth-order valence-electron chi connectivity index (χ4n) is 1.43. The van der Waals surface area contributed by atoms with Crippen molar-refractivity contribution in [3.63, 3.8) is 0 Å². The van der Waals surface area contributed by atoms with Gasteiger partial charge in [-0.2, -0.15) is 5.26 Å². The van der Waals surface area contributed by atoms with Crippen LogP contribution in [0.15, 0.2) is 36.0 Å². The summed E-state index contributed by atoms with van der Waals surface area (Å²) in [5, 5.41) is 14.5. The summed E-state index contributed by atoms with van der Waals surface area (Å²) >= 11 is 5.54. The fourth-order valence-corrected chi connectivity index (χ4v) is 1.56. The van der Waals surface area contributed by atoms with Gasteiger partial charge in [0.2, 0.25) is 0 Å². The number of ether oxygens (including phenoxy) is 1. The van der Waals surface area contributed by atoms with Crippen LogP contribution < -0.4 is 15.4 Å². The SMILES string of the molecule is COc1ccccc1NC(=O)/C(C#N)=C\NCCCCl. The van der Waals surface area contributed by atoms with Gasteiger partial charge in [0, 0.05) is 18.6 Å². The quantitative estimate of drug-likeness (QED) is 0.350. The Morgan fingerprint density at radius 2 is 2.25 bits per heavy atom. The minimum Gasteiger partial charge on any atom is -0.495 e. The molecule has 1 amide bonds. The summed E-state index contributed by atoms with van der Waals surface area (Å²) in [5.41, 5.74) is 0.507. The van der Waals surface area contributed by atoms with E-state index in [0.717, 1.165) is 6.42 Å². The van der Waals surface area contributed by atoms with E-state index in [0.29, 0.717) is 23.9 Å². The number of para-hydroxylation sites is 2. The molecular weight excluding hydrogens is 278 g/mol. The van der Waals surface area contributed by atoms with Crippen molar-refractivity contribution in [2.75, 3.05) is 24.9 Å². The second-order valence-corrected chi connectivity index (χ2v) is 4.20. The Balaban J connectivity index is 2.70. The van der Waals surface area contributed by atoms with E-state index in [1.807, 2.05) is 6.07 Å². The van der Waals surface area contributed by atoms with Gasteiger partial charge in [-0.25, -0.2) is 0 Å². The second-order valence-electron chi connectivity index (χ2n) is 3.82. The van der Waals surface area contributed by atoms with Crippen molar-refractivity contribution in [3.05, 3.63) is 36.0 Å². The normalized spacial score (nSPS) is 10.6. The number of alkyl halides is 1. The van der Waals surface area contributed by atoms with Crippen LogP contribution in [0.2, 0.25) is 0 Å². The Morgan fingerprint density at radius 3 is 2.90 bits per heavy atom. The molecule has 0 aromatic heterocycles. The lowest BCUT2D eigenvalue weighted by molar-refractivity contribution is -0.112. The van der Waals surface area contributed by atoms with Crippen molar-refractivity contribution in [1.29, 1.82) is 5.26 Å². The van der Waals surface area contributed by atoms with Crippen LogP contribution in [0.5, 0.6) is 5.75 Å². The first-order valence-electron chi connectivity index (χ1n) is 6.07. The molecule has 0 spiro atoms. The summed E-state index contributed by atoms with van der Waals surface area (Å²) < 4.78 is 5.13. The molecule has 1 aromatic rings. The molecule has 0 unspecified atom stereocenters. The summed E-state index contributed by atoms with van der Waals surface area (Å²) in [4.78, 5) is 12.0. The van der Waals surface area contributed by atoms with Gasteiger partial charge in [-0.05, 0) is 18.6 Å². The molecule has 20 heavy (non-hydrogen) atoms. The van der Waals surface area contributed by atoms with Crippen molar-refractivity contribution in [2.24, 2.45) is 0 Å². The second kappa shape index (κ2) is 8.83. The summed E-state index contributed by atoms with van der Waals surface area (Å²) in [6.07, 6.45) is 2.14. The monoisotopic (exact) mass is 293 g/mol. The third kappa shape index (κ3) is 4.82. The highest BCUT2D eigenvalue weighted by atomic mass is 35.5. The number of anilines is 1. The summed E-state index contributed by atoms with van der Waals surface area (Å²) in [6.45, 7) is 0.608. The number of nitrogens with one attached hydrogen (secondary N) is 2.